The van der Waals surface area contributed by atoms with Crippen LogP contribution in [0.2, 0.25) is 0 Å². The molecule has 0 aromatic heterocycles. The number of sulfonamides is 1. The van der Waals surface area contributed by atoms with E-state index in [-0.39, 0.29) is 29.4 Å². The Balaban J connectivity index is 1.36. The summed E-state index contributed by atoms with van der Waals surface area (Å²) in [4.78, 5) is 12.5. The zero-order valence-corrected chi connectivity index (χ0v) is 22.0. The quantitative estimate of drug-likeness (QED) is 0.270. The van der Waals surface area contributed by atoms with Gasteiger partial charge < -0.3 is 9.84 Å². The molecule has 1 heterocycles. The summed E-state index contributed by atoms with van der Waals surface area (Å²) in [6, 6.07) is 24.9. The first-order valence-corrected chi connectivity index (χ1v) is 13.9. The summed E-state index contributed by atoms with van der Waals surface area (Å²) < 4.78 is 82.2. The molecule has 4 aromatic carbocycles. The molecular weight excluding hydrogens is 562 g/mol. The SMILES string of the molecule is O=C(NS(=O)(=O)C(F)(F)F)c1ccc(F)cc1-c1ccc2c(c1)OCC(Cc1ccc(-c3ccccc3)cc1)[C@@H]2O. The van der Waals surface area contributed by atoms with Crippen LogP contribution in [0, 0.1) is 11.7 Å². The van der Waals surface area contributed by atoms with Crippen molar-refractivity contribution in [1.82, 2.24) is 4.72 Å². The Hall–Kier alpha value is -4.22. The van der Waals surface area contributed by atoms with Crippen molar-refractivity contribution < 1.29 is 40.6 Å². The summed E-state index contributed by atoms with van der Waals surface area (Å²) in [7, 11) is -5.98. The number of fused-ring (bicyclic) bond motifs is 1. The number of benzene rings is 4. The van der Waals surface area contributed by atoms with Crippen LogP contribution in [0.25, 0.3) is 22.3 Å². The molecule has 0 saturated heterocycles. The van der Waals surface area contributed by atoms with E-state index in [9.17, 15) is 35.9 Å². The molecule has 0 aliphatic carbocycles. The predicted octanol–water partition coefficient (Wildman–Crippen LogP) is 6.02. The van der Waals surface area contributed by atoms with E-state index in [0.717, 1.165) is 39.6 Å². The zero-order chi connectivity index (χ0) is 29.4. The molecule has 1 aliphatic rings. The van der Waals surface area contributed by atoms with Gasteiger partial charge in [0.2, 0.25) is 0 Å². The van der Waals surface area contributed by atoms with Gasteiger partial charge in [0.05, 0.1) is 12.7 Å². The highest BCUT2D eigenvalue weighted by molar-refractivity contribution is 7.90. The highest BCUT2D eigenvalue weighted by Gasteiger charge is 2.47. The van der Waals surface area contributed by atoms with Gasteiger partial charge in [-0.3, -0.25) is 4.79 Å². The number of carbonyl (C=O) groups is 1. The van der Waals surface area contributed by atoms with Gasteiger partial charge in [0.1, 0.15) is 11.6 Å². The average molecular weight is 586 g/mol. The van der Waals surface area contributed by atoms with E-state index in [4.69, 9.17) is 4.74 Å². The Bertz CT molecular complexity index is 1690. The van der Waals surface area contributed by atoms with Crippen molar-refractivity contribution in [1.29, 1.82) is 0 Å². The van der Waals surface area contributed by atoms with E-state index >= 15 is 0 Å². The van der Waals surface area contributed by atoms with Crippen LogP contribution in [0.4, 0.5) is 17.6 Å². The van der Waals surface area contributed by atoms with Gasteiger partial charge in [-0.15, -0.1) is 0 Å². The fourth-order valence-electron chi connectivity index (χ4n) is 4.74. The summed E-state index contributed by atoms with van der Waals surface area (Å²) in [6.45, 7) is 0.151. The average Bonchev–Trinajstić information content (AvgIpc) is 2.94. The number of amides is 1. The summed E-state index contributed by atoms with van der Waals surface area (Å²) in [5.41, 5.74) is -2.57. The van der Waals surface area contributed by atoms with Crippen molar-refractivity contribution in [3.63, 3.8) is 0 Å². The molecule has 6 nitrogen and oxygen atoms in total. The minimum Gasteiger partial charge on any atom is -0.493 e. The highest BCUT2D eigenvalue weighted by Crippen LogP contribution is 2.40. The smallest absolute Gasteiger partial charge is 0.493 e. The number of ether oxygens (including phenoxy) is 1. The lowest BCUT2D eigenvalue weighted by atomic mass is 9.86. The molecule has 212 valence electrons. The van der Waals surface area contributed by atoms with Crippen LogP contribution in [0.15, 0.2) is 91.0 Å². The van der Waals surface area contributed by atoms with Gasteiger partial charge in [-0.05, 0) is 58.5 Å². The number of carbonyl (C=O) groups excluding carboxylic acids is 1. The van der Waals surface area contributed by atoms with Gasteiger partial charge in [-0.1, -0.05) is 66.7 Å². The molecule has 1 amide bonds. The largest absolute Gasteiger partial charge is 0.516 e. The van der Waals surface area contributed by atoms with Gasteiger partial charge in [-0.25, -0.2) is 9.11 Å². The van der Waals surface area contributed by atoms with Gasteiger partial charge in [-0.2, -0.15) is 21.6 Å². The fourth-order valence-corrected chi connectivity index (χ4v) is 5.21. The second kappa shape index (κ2) is 11.0. The molecule has 2 N–H and O–H groups in total. The van der Waals surface area contributed by atoms with Crippen LogP contribution in [0.3, 0.4) is 0 Å². The molecule has 0 spiro atoms. The molecule has 0 saturated carbocycles. The summed E-state index contributed by atoms with van der Waals surface area (Å²) >= 11 is 0. The number of rotatable bonds is 6. The third-order valence-corrected chi connectivity index (χ3v) is 7.92. The van der Waals surface area contributed by atoms with Crippen molar-refractivity contribution in [3.05, 3.63) is 114 Å². The van der Waals surface area contributed by atoms with Gasteiger partial charge >= 0.3 is 15.5 Å². The zero-order valence-electron chi connectivity index (χ0n) is 21.2. The lowest BCUT2D eigenvalue weighted by Crippen LogP contribution is -2.40. The van der Waals surface area contributed by atoms with Gasteiger partial charge in [0.25, 0.3) is 5.91 Å². The molecule has 0 bridgehead atoms. The van der Waals surface area contributed by atoms with Crippen LogP contribution in [-0.4, -0.2) is 31.5 Å². The van der Waals surface area contributed by atoms with Crippen molar-refractivity contribution in [2.75, 3.05) is 6.61 Å². The second-order valence-corrected chi connectivity index (χ2v) is 11.3. The summed E-state index contributed by atoms with van der Waals surface area (Å²) in [5, 5.41) is 11.1. The monoisotopic (exact) mass is 585 g/mol. The lowest BCUT2D eigenvalue weighted by Gasteiger charge is -2.31. The molecule has 0 radical (unpaired) electrons. The highest BCUT2D eigenvalue weighted by atomic mass is 32.2. The van der Waals surface area contributed by atoms with Crippen molar-refractivity contribution in [3.8, 4) is 28.0 Å². The minimum atomic E-state index is -5.98. The number of nitrogens with one attached hydrogen (secondary N) is 1. The van der Waals surface area contributed by atoms with Crippen LogP contribution in [-0.2, 0) is 16.4 Å². The Morgan fingerprint density at radius 2 is 1.56 bits per heavy atom. The molecule has 4 aromatic rings. The second-order valence-electron chi connectivity index (χ2n) is 9.61. The third-order valence-electron chi connectivity index (χ3n) is 6.86. The van der Waals surface area contributed by atoms with E-state index in [2.05, 4.69) is 0 Å². The van der Waals surface area contributed by atoms with E-state index in [1.165, 1.54) is 18.2 Å². The molecule has 11 heteroatoms. The Kier molecular flexibility index (Phi) is 7.58. The maximum Gasteiger partial charge on any atom is 0.516 e. The molecular formula is C30H23F4NO5S. The predicted molar refractivity (Wildman–Crippen MR) is 144 cm³/mol. The number of aliphatic hydroxyl groups is 1. The normalized spacial score (nSPS) is 16.9. The van der Waals surface area contributed by atoms with Crippen molar-refractivity contribution >= 4 is 15.9 Å². The van der Waals surface area contributed by atoms with E-state index in [0.29, 0.717) is 12.0 Å². The topological polar surface area (TPSA) is 92.7 Å². The van der Waals surface area contributed by atoms with Crippen molar-refractivity contribution in [2.45, 2.75) is 18.0 Å². The summed E-state index contributed by atoms with van der Waals surface area (Å²) in [5.74, 6) is -2.40. The number of halogens is 4. The van der Waals surface area contributed by atoms with Gasteiger partial charge in [0.15, 0.2) is 0 Å². The fraction of sp³-hybridized carbons (Fsp3) is 0.167. The molecule has 2 atom stereocenters. The Morgan fingerprint density at radius 1 is 0.902 bits per heavy atom. The van der Waals surface area contributed by atoms with Crippen LogP contribution in [0.5, 0.6) is 5.75 Å². The number of alkyl halides is 3. The van der Waals surface area contributed by atoms with E-state index in [1.54, 1.807) is 0 Å². The number of hydrogen-bond donors (Lipinski definition) is 2. The molecule has 41 heavy (non-hydrogen) atoms. The maximum atomic E-state index is 14.1. The van der Waals surface area contributed by atoms with Gasteiger partial charge in [0, 0.05) is 17.0 Å². The Labute approximate surface area is 233 Å². The lowest BCUT2D eigenvalue weighted by molar-refractivity contribution is -0.0446. The number of aliphatic hydroxyl groups excluding tert-OH is 1. The minimum absolute atomic E-state index is 0.151. The summed E-state index contributed by atoms with van der Waals surface area (Å²) in [6.07, 6.45) is -0.381. The molecule has 0 fully saturated rings. The van der Waals surface area contributed by atoms with E-state index < -0.39 is 38.9 Å². The first-order chi connectivity index (χ1) is 19.4. The first kappa shape index (κ1) is 28.3. The standard InChI is InChI=1S/C30H23F4NO5S/c31-23-11-13-24(29(37)35-41(38,39)30(32,33)34)26(16-23)21-10-12-25-27(15-21)40-17-22(28(25)36)14-18-6-8-20(9-7-18)19-4-2-1-3-5-19/h1-13,15-16,22,28,36H,14,17H2,(H,35,37)/t22?,28-/m0/s1. The third kappa shape index (κ3) is 5.96. The van der Waals surface area contributed by atoms with Crippen LogP contribution >= 0.6 is 0 Å². The molecule has 1 unspecified atom stereocenters. The van der Waals surface area contributed by atoms with Crippen LogP contribution in [0.1, 0.15) is 27.6 Å². The molecule has 1 aliphatic heterocycles. The van der Waals surface area contributed by atoms with Crippen LogP contribution < -0.4 is 9.46 Å². The Morgan fingerprint density at radius 3 is 2.24 bits per heavy atom. The maximum absolute atomic E-state index is 14.1. The first-order valence-electron chi connectivity index (χ1n) is 12.5. The molecule has 5 rings (SSSR count). The number of hydrogen-bond acceptors (Lipinski definition) is 5. The van der Waals surface area contributed by atoms with Crippen molar-refractivity contribution in [2.24, 2.45) is 5.92 Å². The van der Waals surface area contributed by atoms with E-state index in [1.807, 2.05) is 54.6 Å².